The SMILES string of the molecule is CN(C)C(=O)NC[C@]12COC[C@H]1CN(Cc1ccsc1)C2. The van der Waals surface area contributed by atoms with Gasteiger partial charge in [-0.3, -0.25) is 4.90 Å². The van der Waals surface area contributed by atoms with Crippen molar-refractivity contribution in [3.05, 3.63) is 22.4 Å². The standard InChI is InChI=1S/C15H23N3O2S/c1-17(2)14(19)16-9-15-10-18(5-12-3-4-21-8-12)6-13(15)7-20-11-15/h3-4,8,13H,5-7,9-11H2,1-2H3,(H,16,19)/t13-,15+/m1/s1. The van der Waals surface area contributed by atoms with Gasteiger partial charge >= 0.3 is 6.03 Å². The summed E-state index contributed by atoms with van der Waals surface area (Å²) in [5.74, 6) is 0.526. The van der Waals surface area contributed by atoms with Crippen LogP contribution < -0.4 is 5.32 Å². The first-order valence-electron chi connectivity index (χ1n) is 7.35. The molecular formula is C15H23N3O2S. The Balaban J connectivity index is 1.61. The lowest BCUT2D eigenvalue weighted by molar-refractivity contribution is 0.125. The van der Waals surface area contributed by atoms with E-state index in [-0.39, 0.29) is 11.4 Å². The van der Waals surface area contributed by atoms with E-state index < -0.39 is 0 Å². The molecule has 0 aromatic carbocycles. The maximum absolute atomic E-state index is 11.8. The summed E-state index contributed by atoms with van der Waals surface area (Å²) in [4.78, 5) is 15.9. The molecule has 2 aliphatic heterocycles. The van der Waals surface area contributed by atoms with Gasteiger partial charge in [0.1, 0.15) is 0 Å². The predicted octanol–water partition coefficient (Wildman–Crippen LogP) is 1.47. The number of likely N-dealkylation sites (tertiary alicyclic amines) is 1. The minimum absolute atomic E-state index is 0.0219. The number of fused-ring (bicyclic) bond motifs is 1. The zero-order valence-corrected chi connectivity index (χ0v) is 13.5. The maximum Gasteiger partial charge on any atom is 0.316 e. The minimum Gasteiger partial charge on any atom is -0.380 e. The summed E-state index contributed by atoms with van der Waals surface area (Å²) < 4.78 is 5.70. The smallest absolute Gasteiger partial charge is 0.316 e. The molecule has 0 radical (unpaired) electrons. The second-order valence-corrected chi connectivity index (χ2v) is 7.21. The van der Waals surface area contributed by atoms with Gasteiger partial charge in [-0.1, -0.05) is 0 Å². The van der Waals surface area contributed by atoms with Crippen LogP contribution in [0.1, 0.15) is 5.56 Å². The molecule has 0 bridgehead atoms. The molecule has 116 valence electrons. The first-order chi connectivity index (χ1) is 10.1. The summed E-state index contributed by atoms with van der Waals surface area (Å²) >= 11 is 1.75. The van der Waals surface area contributed by atoms with Gasteiger partial charge in [-0.2, -0.15) is 11.3 Å². The van der Waals surface area contributed by atoms with Crippen LogP contribution in [0.4, 0.5) is 4.79 Å². The molecule has 21 heavy (non-hydrogen) atoms. The van der Waals surface area contributed by atoms with Crippen LogP contribution in [0.2, 0.25) is 0 Å². The average Bonchev–Trinajstić information content (AvgIpc) is 3.12. The number of amides is 2. The van der Waals surface area contributed by atoms with Crippen LogP contribution in [0, 0.1) is 11.3 Å². The Morgan fingerprint density at radius 1 is 1.62 bits per heavy atom. The number of thiophene rings is 1. The van der Waals surface area contributed by atoms with E-state index in [1.165, 1.54) is 5.56 Å². The van der Waals surface area contributed by atoms with Gasteiger partial charge in [-0.05, 0) is 22.4 Å². The highest BCUT2D eigenvalue weighted by Crippen LogP contribution is 2.41. The lowest BCUT2D eigenvalue weighted by Gasteiger charge is -2.28. The molecule has 6 heteroatoms. The number of hydrogen-bond acceptors (Lipinski definition) is 4. The van der Waals surface area contributed by atoms with Gasteiger partial charge in [-0.15, -0.1) is 0 Å². The molecule has 3 heterocycles. The molecule has 1 aromatic heterocycles. The van der Waals surface area contributed by atoms with E-state index in [1.54, 1.807) is 30.3 Å². The molecule has 3 rings (SSSR count). The molecule has 2 saturated heterocycles. The summed E-state index contributed by atoms with van der Waals surface area (Å²) in [5, 5.41) is 7.39. The van der Waals surface area contributed by atoms with E-state index in [2.05, 4.69) is 27.0 Å². The van der Waals surface area contributed by atoms with Crippen molar-refractivity contribution in [2.45, 2.75) is 6.54 Å². The lowest BCUT2D eigenvalue weighted by atomic mass is 9.81. The second-order valence-electron chi connectivity index (χ2n) is 6.43. The number of rotatable bonds is 4. The zero-order chi connectivity index (χ0) is 14.9. The van der Waals surface area contributed by atoms with E-state index in [0.717, 1.165) is 32.8 Å². The van der Waals surface area contributed by atoms with Gasteiger partial charge in [0.15, 0.2) is 0 Å². The number of hydrogen-bond donors (Lipinski definition) is 1. The maximum atomic E-state index is 11.8. The van der Waals surface area contributed by atoms with Crippen LogP contribution in [0.15, 0.2) is 16.8 Å². The van der Waals surface area contributed by atoms with Gasteiger partial charge in [0.2, 0.25) is 0 Å². The normalized spacial score (nSPS) is 28.6. The monoisotopic (exact) mass is 309 g/mol. The number of urea groups is 1. The molecule has 5 nitrogen and oxygen atoms in total. The molecule has 0 spiro atoms. The highest BCUT2D eigenvalue weighted by atomic mass is 32.1. The van der Waals surface area contributed by atoms with Crippen molar-refractivity contribution in [2.75, 3.05) is 46.9 Å². The predicted molar refractivity (Wildman–Crippen MR) is 83.4 cm³/mol. The molecule has 0 unspecified atom stereocenters. The molecule has 1 aromatic rings. The molecule has 2 amide bonds. The van der Waals surface area contributed by atoms with Crippen molar-refractivity contribution in [3.63, 3.8) is 0 Å². The first kappa shape index (κ1) is 14.8. The van der Waals surface area contributed by atoms with Crippen molar-refractivity contribution in [1.82, 2.24) is 15.1 Å². The molecular weight excluding hydrogens is 286 g/mol. The Morgan fingerprint density at radius 2 is 2.48 bits per heavy atom. The quantitative estimate of drug-likeness (QED) is 0.916. The molecule has 0 aliphatic carbocycles. The van der Waals surface area contributed by atoms with Gasteiger partial charge in [-0.25, -0.2) is 4.79 Å². The summed E-state index contributed by atoms with van der Waals surface area (Å²) in [7, 11) is 3.54. The van der Waals surface area contributed by atoms with Crippen LogP contribution >= 0.6 is 11.3 Å². The first-order valence-corrected chi connectivity index (χ1v) is 8.30. The number of ether oxygens (including phenoxy) is 1. The van der Waals surface area contributed by atoms with E-state index in [0.29, 0.717) is 12.5 Å². The third-order valence-electron chi connectivity index (χ3n) is 4.58. The number of carbonyl (C=O) groups excluding carboxylic acids is 1. The van der Waals surface area contributed by atoms with Crippen LogP contribution in [-0.2, 0) is 11.3 Å². The third-order valence-corrected chi connectivity index (χ3v) is 5.31. The Bertz CT molecular complexity index is 491. The van der Waals surface area contributed by atoms with Crippen LogP contribution in [0.25, 0.3) is 0 Å². The highest BCUT2D eigenvalue weighted by Gasteiger charge is 2.50. The Kier molecular flexibility index (Phi) is 4.19. The zero-order valence-electron chi connectivity index (χ0n) is 12.7. The van der Waals surface area contributed by atoms with E-state index in [1.807, 2.05) is 0 Å². The second kappa shape index (κ2) is 5.94. The van der Waals surface area contributed by atoms with Crippen molar-refractivity contribution in [1.29, 1.82) is 0 Å². The topological polar surface area (TPSA) is 44.8 Å². The van der Waals surface area contributed by atoms with E-state index in [4.69, 9.17) is 4.74 Å². The summed E-state index contributed by atoms with van der Waals surface area (Å²) in [5.41, 5.74) is 1.47. The van der Waals surface area contributed by atoms with E-state index in [9.17, 15) is 4.79 Å². The molecule has 0 saturated carbocycles. The van der Waals surface area contributed by atoms with Crippen LogP contribution in [0.3, 0.4) is 0 Å². The Hall–Kier alpha value is -1.11. The van der Waals surface area contributed by atoms with Gasteiger partial charge in [0.05, 0.1) is 13.2 Å². The van der Waals surface area contributed by atoms with Crippen LogP contribution in [-0.4, -0.2) is 62.8 Å². The summed E-state index contributed by atoms with van der Waals surface area (Å²) in [6, 6.07) is 2.17. The summed E-state index contributed by atoms with van der Waals surface area (Å²) in [6.45, 7) is 5.34. The van der Waals surface area contributed by atoms with Crippen LogP contribution in [0.5, 0.6) is 0 Å². The third kappa shape index (κ3) is 3.07. The number of nitrogens with one attached hydrogen (secondary N) is 1. The molecule has 1 N–H and O–H groups in total. The molecule has 2 atom stereocenters. The Morgan fingerprint density at radius 3 is 3.19 bits per heavy atom. The largest absolute Gasteiger partial charge is 0.380 e. The fourth-order valence-corrected chi connectivity index (χ4v) is 4.02. The highest BCUT2D eigenvalue weighted by molar-refractivity contribution is 7.07. The van der Waals surface area contributed by atoms with Gasteiger partial charge < -0.3 is 15.0 Å². The average molecular weight is 309 g/mol. The molecule has 2 fully saturated rings. The Labute approximate surface area is 129 Å². The molecule has 2 aliphatic rings. The lowest BCUT2D eigenvalue weighted by Crippen LogP contribution is -2.45. The fraction of sp³-hybridized carbons (Fsp3) is 0.667. The summed E-state index contributed by atoms with van der Waals surface area (Å²) in [6.07, 6.45) is 0. The van der Waals surface area contributed by atoms with Crippen molar-refractivity contribution >= 4 is 17.4 Å². The number of nitrogens with zero attached hydrogens (tertiary/aromatic N) is 2. The van der Waals surface area contributed by atoms with Gasteiger partial charge in [0, 0.05) is 51.6 Å². The van der Waals surface area contributed by atoms with E-state index >= 15 is 0 Å². The number of carbonyl (C=O) groups is 1. The van der Waals surface area contributed by atoms with Crippen molar-refractivity contribution in [2.24, 2.45) is 11.3 Å². The van der Waals surface area contributed by atoms with Crippen molar-refractivity contribution in [3.8, 4) is 0 Å². The van der Waals surface area contributed by atoms with Crippen molar-refractivity contribution < 1.29 is 9.53 Å². The van der Waals surface area contributed by atoms with Gasteiger partial charge in [0.25, 0.3) is 0 Å². The fourth-order valence-electron chi connectivity index (χ4n) is 3.36. The minimum atomic E-state index is -0.0219.